The Balaban J connectivity index is 2.35. The fourth-order valence-electron chi connectivity index (χ4n) is 1.87. The summed E-state index contributed by atoms with van der Waals surface area (Å²) in [5.41, 5.74) is 5.61. The minimum atomic E-state index is -0.297. The standard InChI is InChI=1S/C12H24N2O2/c1-3-12(2,6-7-15)14-11(16)8-10(13)9-4-5-9/h9-10,15H,3-8,13H2,1-2H3,(H,14,16). The third-order valence-electron chi connectivity index (χ3n) is 3.53. The number of aliphatic hydroxyl groups is 1. The van der Waals surface area contributed by atoms with E-state index in [1.807, 2.05) is 13.8 Å². The van der Waals surface area contributed by atoms with Crippen molar-refractivity contribution in [2.75, 3.05) is 6.61 Å². The van der Waals surface area contributed by atoms with Gasteiger partial charge in [0.1, 0.15) is 0 Å². The van der Waals surface area contributed by atoms with E-state index in [4.69, 9.17) is 10.8 Å². The molecule has 1 saturated carbocycles. The van der Waals surface area contributed by atoms with Gasteiger partial charge in [-0.15, -0.1) is 0 Å². The van der Waals surface area contributed by atoms with Gasteiger partial charge >= 0.3 is 0 Å². The van der Waals surface area contributed by atoms with Crippen LogP contribution in [0.3, 0.4) is 0 Å². The van der Waals surface area contributed by atoms with Crippen molar-refractivity contribution in [3.05, 3.63) is 0 Å². The van der Waals surface area contributed by atoms with Gasteiger partial charge in [-0.2, -0.15) is 0 Å². The fraction of sp³-hybridized carbons (Fsp3) is 0.917. The molecule has 0 bridgehead atoms. The first-order valence-corrected chi connectivity index (χ1v) is 6.18. The normalized spacial score (nSPS) is 21.2. The van der Waals surface area contributed by atoms with E-state index in [1.54, 1.807) is 0 Å². The van der Waals surface area contributed by atoms with Crippen molar-refractivity contribution in [1.82, 2.24) is 5.32 Å². The van der Waals surface area contributed by atoms with Gasteiger partial charge in [-0.05, 0) is 38.5 Å². The first kappa shape index (κ1) is 13.5. The van der Waals surface area contributed by atoms with Crippen molar-refractivity contribution in [2.45, 2.75) is 57.5 Å². The second-order valence-electron chi connectivity index (χ2n) is 5.14. The second kappa shape index (κ2) is 5.64. The van der Waals surface area contributed by atoms with Gasteiger partial charge in [0.25, 0.3) is 0 Å². The Morgan fingerprint density at radius 2 is 2.25 bits per heavy atom. The highest BCUT2D eigenvalue weighted by molar-refractivity contribution is 5.77. The molecular formula is C12H24N2O2. The van der Waals surface area contributed by atoms with E-state index < -0.39 is 0 Å². The quantitative estimate of drug-likeness (QED) is 0.603. The van der Waals surface area contributed by atoms with Gasteiger partial charge in [-0.3, -0.25) is 4.79 Å². The average Bonchev–Trinajstić information content (AvgIpc) is 3.00. The van der Waals surface area contributed by atoms with Crippen LogP contribution in [0.25, 0.3) is 0 Å². The minimum absolute atomic E-state index is 0.00947. The van der Waals surface area contributed by atoms with Gasteiger partial charge < -0.3 is 16.2 Å². The maximum absolute atomic E-state index is 11.8. The third-order valence-corrected chi connectivity index (χ3v) is 3.53. The Labute approximate surface area is 97.6 Å². The molecule has 4 N–H and O–H groups in total. The summed E-state index contributed by atoms with van der Waals surface area (Å²) in [6.07, 6.45) is 4.14. The fourth-order valence-corrected chi connectivity index (χ4v) is 1.87. The van der Waals surface area contributed by atoms with Gasteiger partial charge in [0.15, 0.2) is 0 Å². The summed E-state index contributed by atoms with van der Waals surface area (Å²) in [4.78, 5) is 11.8. The molecule has 0 spiro atoms. The van der Waals surface area contributed by atoms with Crippen LogP contribution in [0.1, 0.15) is 46.0 Å². The molecule has 0 radical (unpaired) electrons. The molecule has 1 amide bonds. The number of nitrogens with one attached hydrogen (secondary N) is 1. The SMILES string of the molecule is CCC(C)(CCO)NC(=O)CC(N)C1CC1. The van der Waals surface area contributed by atoms with Crippen LogP contribution < -0.4 is 11.1 Å². The lowest BCUT2D eigenvalue weighted by Gasteiger charge is -2.29. The number of hydrogen-bond donors (Lipinski definition) is 3. The van der Waals surface area contributed by atoms with Gasteiger partial charge in [0.05, 0.1) is 0 Å². The highest BCUT2D eigenvalue weighted by atomic mass is 16.3. The lowest BCUT2D eigenvalue weighted by atomic mass is 9.94. The zero-order valence-corrected chi connectivity index (χ0v) is 10.3. The van der Waals surface area contributed by atoms with E-state index in [0.717, 1.165) is 19.3 Å². The molecule has 2 unspecified atom stereocenters. The predicted molar refractivity (Wildman–Crippen MR) is 63.9 cm³/mol. The van der Waals surface area contributed by atoms with Crippen LogP contribution in [-0.4, -0.2) is 29.2 Å². The molecule has 2 atom stereocenters. The van der Waals surface area contributed by atoms with Crippen LogP contribution in [-0.2, 0) is 4.79 Å². The van der Waals surface area contributed by atoms with Crippen molar-refractivity contribution >= 4 is 5.91 Å². The molecule has 94 valence electrons. The van der Waals surface area contributed by atoms with Crippen LogP contribution in [0.2, 0.25) is 0 Å². The molecule has 1 fully saturated rings. The van der Waals surface area contributed by atoms with Crippen molar-refractivity contribution in [3.63, 3.8) is 0 Å². The number of nitrogens with two attached hydrogens (primary N) is 1. The van der Waals surface area contributed by atoms with Crippen molar-refractivity contribution in [1.29, 1.82) is 0 Å². The second-order valence-corrected chi connectivity index (χ2v) is 5.14. The van der Waals surface area contributed by atoms with E-state index in [9.17, 15) is 4.79 Å². The lowest BCUT2D eigenvalue weighted by Crippen LogP contribution is -2.47. The maximum atomic E-state index is 11.8. The monoisotopic (exact) mass is 228 g/mol. The molecule has 0 aromatic carbocycles. The van der Waals surface area contributed by atoms with Crippen LogP contribution in [0, 0.1) is 5.92 Å². The van der Waals surface area contributed by atoms with Gasteiger partial charge in [-0.1, -0.05) is 6.92 Å². The summed E-state index contributed by atoms with van der Waals surface area (Å²) in [5.74, 6) is 0.564. The molecule has 4 nitrogen and oxygen atoms in total. The smallest absolute Gasteiger partial charge is 0.221 e. The zero-order valence-electron chi connectivity index (χ0n) is 10.3. The highest BCUT2D eigenvalue weighted by Crippen LogP contribution is 2.32. The summed E-state index contributed by atoms with van der Waals surface area (Å²) in [6, 6.07) is 0.00947. The first-order chi connectivity index (χ1) is 7.50. The van der Waals surface area contributed by atoms with E-state index in [-0.39, 0.29) is 24.1 Å². The van der Waals surface area contributed by atoms with Crippen molar-refractivity contribution in [3.8, 4) is 0 Å². The summed E-state index contributed by atoms with van der Waals surface area (Å²) in [7, 11) is 0. The number of rotatable bonds is 7. The molecule has 1 aliphatic carbocycles. The Morgan fingerprint density at radius 3 is 2.69 bits per heavy atom. The largest absolute Gasteiger partial charge is 0.396 e. The van der Waals surface area contributed by atoms with Crippen LogP contribution in [0.5, 0.6) is 0 Å². The Bertz CT molecular complexity index is 241. The van der Waals surface area contributed by atoms with Gasteiger partial charge in [0.2, 0.25) is 5.91 Å². The number of hydrogen-bond acceptors (Lipinski definition) is 3. The van der Waals surface area contributed by atoms with Crippen molar-refractivity contribution < 1.29 is 9.90 Å². The summed E-state index contributed by atoms with van der Waals surface area (Å²) in [5, 5.41) is 11.9. The lowest BCUT2D eigenvalue weighted by molar-refractivity contribution is -0.123. The molecule has 0 saturated heterocycles. The van der Waals surface area contributed by atoms with Gasteiger partial charge in [-0.25, -0.2) is 0 Å². The maximum Gasteiger partial charge on any atom is 0.221 e. The third kappa shape index (κ3) is 4.10. The predicted octanol–water partition coefficient (Wildman–Crippen LogP) is 0.781. The summed E-state index contributed by atoms with van der Waals surface area (Å²) in [6.45, 7) is 4.07. The number of aliphatic hydroxyl groups excluding tert-OH is 1. The molecule has 1 rings (SSSR count). The van der Waals surface area contributed by atoms with E-state index >= 15 is 0 Å². The molecular weight excluding hydrogens is 204 g/mol. The van der Waals surface area contributed by atoms with Crippen LogP contribution in [0.15, 0.2) is 0 Å². The molecule has 1 aliphatic rings. The summed E-state index contributed by atoms with van der Waals surface area (Å²) >= 11 is 0. The summed E-state index contributed by atoms with van der Waals surface area (Å²) < 4.78 is 0. The van der Waals surface area contributed by atoms with Crippen LogP contribution >= 0.6 is 0 Å². The average molecular weight is 228 g/mol. The Morgan fingerprint density at radius 1 is 1.62 bits per heavy atom. The highest BCUT2D eigenvalue weighted by Gasteiger charge is 2.31. The zero-order chi connectivity index (χ0) is 12.2. The van der Waals surface area contributed by atoms with E-state index in [1.165, 1.54) is 0 Å². The molecule has 4 heteroatoms. The first-order valence-electron chi connectivity index (χ1n) is 6.18. The molecule has 0 heterocycles. The number of carbonyl (C=O) groups excluding carboxylic acids is 1. The topological polar surface area (TPSA) is 75.3 Å². The number of amides is 1. The van der Waals surface area contributed by atoms with E-state index in [0.29, 0.717) is 18.8 Å². The Kier molecular flexibility index (Phi) is 4.74. The minimum Gasteiger partial charge on any atom is -0.396 e. The molecule has 0 aromatic rings. The van der Waals surface area contributed by atoms with Crippen molar-refractivity contribution in [2.24, 2.45) is 11.7 Å². The Hall–Kier alpha value is -0.610. The van der Waals surface area contributed by atoms with Crippen LogP contribution in [0.4, 0.5) is 0 Å². The van der Waals surface area contributed by atoms with Gasteiger partial charge in [0, 0.05) is 24.6 Å². The molecule has 0 aromatic heterocycles. The molecule has 0 aliphatic heterocycles. The molecule has 16 heavy (non-hydrogen) atoms. The van der Waals surface area contributed by atoms with E-state index in [2.05, 4.69) is 5.32 Å². The number of carbonyl (C=O) groups is 1.